The van der Waals surface area contributed by atoms with E-state index in [-0.39, 0.29) is 18.5 Å². The van der Waals surface area contributed by atoms with Crippen LogP contribution in [-0.4, -0.2) is 72.0 Å². The monoisotopic (exact) mass is 374 g/mol. The molecule has 0 saturated carbocycles. The van der Waals surface area contributed by atoms with Crippen LogP contribution in [0.15, 0.2) is 0 Å². The Bertz CT molecular complexity index is 496. The summed E-state index contributed by atoms with van der Waals surface area (Å²) in [5.41, 5.74) is 0. The average molecular weight is 374 g/mol. The number of aliphatic carboxylic acids is 1. The number of carbonyl (C=O) groups is 4. The van der Waals surface area contributed by atoms with Crippen molar-refractivity contribution in [3.8, 4) is 0 Å². The Morgan fingerprint density at radius 3 is 2.56 bits per heavy atom. The van der Waals surface area contributed by atoms with E-state index in [0.29, 0.717) is 12.2 Å². The van der Waals surface area contributed by atoms with Crippen molar-refractivity contribution in [2.24, 2.45) is 0 Å². The van der Waals surface area contributed by atoms with Gasteiger partial charge in [0, 0.05) is 0 Å². The van der Waals surface area contributed by atoms with Crippen LogP contribution in [0.1, 0.15) is 26.2 Å². The number of thioether (sulfide) groups is 1. The van der Waals surface area contributed by atoms with Crippen LogP contribution < -0.4 is 21.3 Å². The third-order valence-electron chi connectivity index (χ3n) is 3.80. The lowest BCUT2D eigenvalue weighted by molar-refractivity contribution is -0.141. The second kappa shape index (κ2) is 10.9. The third kappa shape index (κ3) is 7.74. The van der Waals surface area contributed by atoms with Gasteiger partial charge in [0.1, 0.15) is 12.1 Å². The van der Waals surface area contributed by atoms with Crippen molar-refractivity contribution < 1.29 is 24.3 Å². The van der Waals surface area contributed by atoms with Crippen molar-refractivity contribution in [2.45, 2.75) is 44.3 Å². The number of hydrogen-bond donors (Lipinski definition) is 5. The predicted molar refractivity (Wildman–Crippen MR) is 94.2 cm³/mol. The van der Waals surface area contributed by atoms with Crippen LogP contribution in [0, 0.1) is 0 Å². The number of amides is 3. The molecule has 1 fully saturated rings. The van der Waals surface area contributed by atoms with Crippen molar-refractivity contribution in [2.75, 3.05) is 25.1 Å². The molecule has 0 bridgehead atoms. The van der Waals surface area contributed by atoms with Crippen LogP contribution in [0.2, 0.25) is 0 Å². The Morgan fingerprint density at radius 1 is 1.28 bits per heavy atom. The van der Waals surface area contributed by atoms with Crippen LogP contribution >= 0.6 is 11.8 Å². The molecule has 0 aromatic heterocycles. The topological polar surface area (TPSA) is 137 Å². The lowest BCUT2D eigenvalue weighted by Gasteiger charge is -2.18. The van der Waals surface area contributed by atoms with E-state index in [1.807, 2.05) is 6.26 Å². The molecule has 3 amide bonds. The first-order valence-electron chi connectivity index (χ1n) is 8.17. The maximum absolute atomic E-state index is 11.9. The van der Waals surface area contributed by atoms with Crippen LogP contribution in [0.25, 0.3) is 0 Å². The second-order valence-electron chi connectivity index (χ2n) is 5.84. The molecular formula is C15H26N4O5S. The first kappa shape index (κ1) is 21.2. The fourth-order valence-corrected chi connectivity index (χ4v) is 2.82. The van der Waals surface area contributed by atoms with E-state index in [0.717, 1.165) is 19.4 Å². The Labute approximate surface area is 151 Å². The van der Waals surface area contributed by atoms with Crippen LogP contribution in [0.3, 0.4) is 0 Å². The minimum absolute atomic E-state index is 0.243. The molecule has 0 aromatic carbocycles. The molecule has 0 aliphatic carbocycles. The van der Waals surface area contributed by atoms with Gasteiger partial charge in [0.15, 0.2) is 0 Å². The van der Waals surface area contributed by atoms with Crippen molar-refractivity contribution in [1.82, 2.24) is 21.3 Å². The molecular weight excluding hydrogens is 348 g/mol. The zero-order valence-electron chi connectivity index (χ0n) is 14.5. The summed E-state index contributed by atoms with van der Waals surface area (Å²) in [7, 11) is 0. The van der Waals surface area contributed by atoms with Crippen molar-refractivity contribution in [3.63, 3.8) is 0 Å². The minimum atomic E-state index is -1.11. The smallest absolute Gasteiger partial charge is 0.326 e. The zero-order valence-corrected chi connectivity index (χ0v) is 15.3. The van der Waals surface area contributed by atoms with Gasteiger partial charge in [-0.15, -0.1) is 0 Å². The molecule has 10 heteroatoms. The van der Waals surface area contributed by atoms with E-state index in [2.05, 4.69) is 21.3 Å². The first-order valence-corrected chi connectivity index (χ1v) is 9.57. The summed E-state index contributed by atoms with van der Waals surface area (Å²) in [6, 6.07) is -2.05. The summed E-state index contributed by atoms with van der Waals surface area (Å²) >= 11 is 1.48. The number of carbonyl (C=O) groups excluding carboxylic acids is 3. The van der Waals surface area contributed by atoms with Crippen molar-refractivity contribution in [3.05, 3.63) is 0 Å². The molecule has 142 valence electrons. The summed E-state index contributed by atoms with van der Waals surface area (Å²) in [6.45, 7) is 1.96. The highest BCUT2D eigenvalue weighted by molar-refractivity contribution is 7.98. The molecule has 0 spiro atoms. The van der Waals surface area contributed by atoms with Crippen LogP contribution in [-0.2, 0) is 19.2 Å². The van der Waals surface area contributed by atoms with Gasteiger partial charge in [0.2, 0.25) is 17.7 Å². The van der Waals surface area contributed by atoms with Gasteiger partial charge in [-0.1, -0.05) is 0 Å². The highest BCUT2D eigenvalue weighted by atomic mass is 32.2. The van der Waals surface area contributed by atoms with Gasteiger partial charge in [-0.2, -0.15) is 11.8 Å². The molecule has 0 aromatic rings. The van der Waals surface area contributed by atoms with E-state index in [9.17, 15) is 19.2 Å². The van der Waals surface area contributed by atoms with E-state index in [1.165, 1.54) is 18.7 Å². The summed E-state index contributed by atoms with van der Waals surface area (Å²) in [5, 5.41) is 19.4. The first-order chi connectivity index (χ1) is 11.8. The molecule has 3 atom stereocenters. The van der Waals surface area contributed by atoms with Gasteiger partial charge >= 0.3 is 5.97 Å². The second-order valence-corrected chi connectivity index (χ2v) is 6.82. The van der Waals surface area contributed by atoms with Gasteiger partial charge in [0.05, 0.1) is 12.6 Å². The Morgan fingerprint density at radius 2 is 2.00 bits per heavy atom. The summed E-state index contributed by atoms with van der Waals surface area (Å²) in [5.74, 6) is -1.84. The number of rotatable bonds is 10. The predicted octanol–water partition coefficient (Wildman–Crippen LogP) is -1.32. The number of carboxylic acids is 1. The molecule has 1 heterocycles. The Kier molecular flexibility index (Phi) is 9.28. The lowest BCUT2D eigenvalue weighted by atomic mass is 10.2. The van der Waals surface area contributed by atoms with Crippen LogP contribution in [0.4, 0.5) is 0 Å². The molecule has 1 saturated heterocycles. The van der Waals surface area contributed by atoms with E-state index >= 15 is 0 Å². The van der Waals surface area contributed by atoms with E-state index in [4.69, 9.17) is 5.11 Å². The minimum Gasteiger partial charge on any atom is -0.480 e. The molecule has 1 aliphatic rings. The maximum Gasteiger partial charge on any atom is 0.326 e. The normalized spacial score (nSPS) is 18.9. The molecule has 0 radical (unpaired) electrons. The SMILES string of the molecule is CSCCC(NC(=O)CNC(=O)C(C)NC(=O)C1CCCN1)C(=O)O. The number of nitrogens with one attached hydrogen (secondary N) is 4. The molecule has 5 N–H and O–H groups in total. The highest BCUT2D eigenvalue weighted by Gasteiger charge is 2.25. The average Bonchev–Trinajstić information content (AvgIpc) is 3.10. The summed E-state index contributed by atoms with van der Waals surface area (Å²) in [4.78, 5) is 46.7. The quantitative estimate of drug-likeness (QED) is 0.320. The van der Waals surface area contributed by atoms with Crippen LogP contribution in [0.5, 0.6) is 0 Å². The zero-order chi connectivity index (χ0) is 18.8. The highest BCUT2D eigenvalue weighted by Crippen LogP contribution is 2.05. The Balaban J connectivity index is 2.34. The molecule has 3 unspecified atom stereocenters. The van der Waals surface area contributed by atoms with Gasteiger partial charge in [-0.25, -0.2) is 4.79 Å². The van der Waals surface area contributed by atoms with Gasteiger partial charge < -0.3 is 26.4 Å². The summed E-state index contributed by atoms with van der Waals surface area (Å²) in [6.07, 6.45) is 3.80. The lowest BCUT2D eigenvalue weighted by Crippen LogP contribution is -2.52. The van der Waals surface area contributed by atoms with Crippen molar-refractivity contribution in [1.29, 1.82) is 0 Å². The largest absolute Gasteiger partial charge is 0.480 e. The molecule has 1 rings (SSSR count). The Hall–Kier alpha value is -1.81. The number of hydrogen-bond acceptors (Lipinski definition) is 6. The summed E-state index contributed by atoms with van der Waals surface area (Å²) < 4.78 is 0. The number of carboxylic acid groups (broad SMARTS) is 1. The maximum atomic E-state index is 11.9. The molecule has 25 heavy (non-hydrogen) atoms. The van der Waals surface area contributed by atoms with E-state index < -0.39 is 29.9 Å². The molecule has 1 aliphatic heterocycles. The third-order valence-corrected chi connectivity index (χ3v) is 4.44. The van der Waals surface area contributed by atoms with Gasteiger partial charge in [-0.3, -0.25) is 14.4 Å². The fraction of sp³-hybridized carbons (Fsp3) is 0.733. The molecule has 9 nitrogen and oxygen atoms in total. The van der Waals surface area contributed by atoms with Gasteiger partial charge in [0.25, 0.3) is 0 Å². The van der Waals surface area contributed by atoms with E-state index in [1.54, 1.807) is 0 Å². The standard InChI is InChI=1S/C15H26N4O5S/c1-9(18-14(22)10-4-3-6-16-10)13(21)17-8-12(20)19-11(15(23)24)5-7-25-2/h9-11,16H,3-8H2,1-2H3,(H,17,21)(H,18,22)(H,19,20)(H,23,24). The van der Waals surface area contributed by atoms with Gasteiger partial charge in [-0.05, 0) is 44.7 Å². The van der Waals surface area contributed by atoms with Crippen molar-refractivity contribution >= 4 is 35.5 Å². The fourth-order valence-electron chi connectivity index (χ4n) is 2.35.